The van der Waals surface area contributed by atoms with Gasteiger partial charge in [-0.25, -0.2) is 0 Å². The van der Waals surface area contributed by atoms with Crippen LogP contribution in [0, 0.1) is 6.92 Å². The molecule has 0 unspecified atom stereocenters. The van der Waals surface area contributed by atoms with E-state index in [0.717, 1.165) is 12.2 Å². The third kappa shape index (κ3) is 3.27. The molecule has 2 aromatic carbocycles. The van der Waals surface area contributed by atoms with Gasteiger partial charge >= 0.3 is 0 Å². The predicted molar refractivity (Wildman–Crippen MR) is 77.4 cm³/mol. The Hall–Kier alpha value is -1.47. The molecule has 2 aromatic rings. The fourth-order valence-electron chi connectivity index (χ4n) is 1.87. The maximum Gasteiger partial charge on any atom is 0.119 e. The zero-order valence-electron chi connectivity index (χ0n) is 10.5. The van der Waals surface area contributed by atoms with Crippen LogP contribution in [-0.4, -0.2) is 12.5 Å². The minimum Gasteiger partial charge on any atom is -0.494 e. The first-order valence-corrected chi connectivity index (χ1v) is 6.69. The highest BCUT2D eigenvalue weighted by molar-refractivity contribution is 6.17. The van der Waals surface area contributed by atoms with Crippen molar-refractivity contribution in [1.82, 2.24) is 0 Å². The van der Waals surface area contributed by atoms with E-state index in [9.17, 15) is 0 Å². The number of aryl methyl sites for hydroxylation is 1. The summed E-state index contributed by atoms with van der Waals surface area (Å²) in [4.78, 5) is 0. The van der Waals surface area contributed by atoms with Gasteiger partial charge in [-0.05, 0) is 42.2 Å². The second-order valence-corrected chi connectivity index (χ2v) is 4.61. The van der Waals surface area contributed by atoms with Crippen molar-refractivity contribution >= 4 is 11.6 Å². The predicted octanol–water partition coefficient (Wildman–Crippen LogP) is 4.67. The number of hydrogen-bond donors (Lipinski definition) is 0. The lowest BCUT2D eigenvalue weighted by Gasteiger charge is -2.08. The van der Waals surface area contributed by atoms with E-state index in [2.05, 4.69) is 43.3 Å². The zero-order chi connectivity index (χ0) is 12.8. The fourth-order valence-corrected chi connectivity index (χ4v) is 1.98. The Kier molecular flexibility index (Phi) is 4.66. The first kappa shape index (κ1) is 13.0. The van der Waals surface area contributed by atoms with E-state index in [1.165, 1.54) is 16.7 Å². The molecule has 0 aromatic heterocycles. The molecule has 0 spiro atoms. The van der Waals surface area contributed by atoms with Crippen molar-refractivity contribution in [1.29, 1.82) is 0 Å². The molecule has 0 radical (unpaired) electrons. The maximum absolute atomic E-state index is 5.61. The van der Waals surface area contributed by atoms with Gasteiger partial charge in [0.25, 0.3) is 0 Å². The lowest BCUT2D eigenvalue weighted by Crippen LogP contribution is -1.97. The molecule has 2 heteroatoms. The molecule has 0 bridgehead atoms. The van der Waals surface area contributed by atoms with Crippen molar-refractivity contribution in [2.75, 3.05) is 12.5 Å². The van der Waals surface area contributed by atoms with Crippen LogP contribution in [-0.2, 0) is 0 Å². The number of alkyl halides is 1. The zero-order valence-corrected chi connectivity index (χ0v) is 11.3. The normalized spacial score (nSPS) is 10.3. The summed E-state index contributed by atoms with van der Waals surface area (Å²) in [7, 11) is 0. The number of halogens is 1. The van der Waals surface area contributed by atoms with Gasteiger partial charge in [0, 0.05) is 5.88 Å². The second kappa shape index (κ2) is 6.46. The Bertz CT molecular complexity index is 491. The Balaban J connectivity index is 2.10. The topological polar surface area (TPSA) is 9.23 Å². The molecule has 18 heavy (non-hydrogen) atoms. The van der Waals surface area contributed by atoms with Gasteiger partial charge in [-0.3, -0.25) is 0 Å². The highest BCUT2D eigenvalue weighted by Crippen LogP contribution is 2.25. The van der Waals surface area contributed by atoms with Gasteiger partial charge in [-0.15, -0.1) is 11.6 Å². The van der Waals surface area contributed by atoms with Crippen LogP contribution in [0.1, 0.15) is 12.0 Å². The quantitative estimate of drug-likeness (QED) is 0.561. The summed E-state index contributed by atoms with van der Waals surface area (Å²) in [5, 5.41) is 0. The van der Waals surface area contributed by atoms with E-state index in [0.29, 0.717) is 12.5 Å². The molecule has 1 nitrogen and oxygen atoms in total. The standard InChI is InChI=1S/C16H17ClO/c1-13-5-2-3-6-16(13)14-7-9-15(10-8-14)18-12-4-11-17/h2-3,5-10H,4,11-12H2,1H3. The van der Waals surface area contributed by atoms with Crippen LogP contribution in [0.25, 0.3) is 11.1 Å². The van der Waals surface area contributed by atoms with Crippen molar-refractivity contribution in [2.24, 2.45) is 0 Å². The van der Waals surface area contributed by atoms with Crippen LogP contribution in [0.5, 0.6) is 5.75 Å². The van der Waals surface area contributed by atoms with Crippen LogP contribution in [0.2, 0.25) is 0 Å². The molecule has 0 aliphatic carbocycles. The van der Waals surface area contributed by atoms with Gasteiger partial charge in [0.2, 0.25) is 0 Å². The summed E-state index contributed by atoms with van der Waals surface area (Å²) >= 11 is 5.61. The van der Waals surface area contributed by atoms with Crippen LogP contribution < -0.4 is 4.74 Å². The average molecular weight is 261 g/mol. The third-order valence-corrected chi connectivity index (χ3v) is 3.12. The third-order valence-electron chi connectivity index (χ3n) is 2.86. The summed E-state index contributed by atoms with van der Waals surface area (Å²) in [5.74, 6) is 1.54. The molecule has 0 atom stereocenters. The van der Waals surface area contributed by atoms with E-state index in [1.807, 2.05) is 12.1 Å². The van der Waals surface area contributed by atoms with E-state index < -0.39 is 0 Å². The molecule has 0 N–H and O–H groups in total. The molecule has 0 heterocycles. The fraction of sp³-hybridized carbons (Fsp3) is 0.250. The van der Waals surface area contributed by atoms with Crippen LogP contribution in [0.15, 0.2) is 48.5 Å². The van der Waals surface area contributed by atoms with Crippen LogP contribution >= 0.6 is 11.6 Å². The lowest BCUT2D eigenvalue weighted by atomic mass is 10.0. The summed E-state index contributed by atoms with van der Waals surface area (Å²) in [6.07, 6.45) is 0.876. The number of benzene rings is 2. The van der Waals surface area contributed by atoms with Gasteiger partial charge in [-0.2, -0.15) is 0 Å². The van der Waals surface area contributed by atoms with Crippen molar-refractivity contribution in [3.8, 4) is 16.9 Å². The number of hydrogen-bond acceptors (Lipinski definition) is 1. The first-order valence-electron chi connectivity index (χ1n) is 6.16. The molecule has 0 amide bonds. The SMILES string of the molecule is Cc1ccccc1-c1ccc(OCCCCl)cc1. The van der Waals surface area contributed by atoms with Gasteiger partial charge in [0.1, 0.15) is 5.75 Å². The van der Waals surface area contributed by atoms with E-state index in [4.69, 9.17) is 16.3 Å². The minimum atomic E-state index is 0.640. The van der Waals surface area contributed by atoms with Gasteiger partial charge in [-0.1, -0.05) is 36.4 Å². The van der Waals surface area contributed by atoms with Crippen molar-refractivity contribution < 1.29 is 4.74 Å². The molecule has 0 saturated carbocycles. The van der Waals surface area contributed by atoms with Crippen LogP contribution in [0.3, 0.4) is 0 Å². The molecular formula is C16H17ClO. The largest absolute Gasteiger partial charge is 0.494 e. The van der Waals surface area contributed by atoms with Crippen molar-refractivity contribution in [3.63, 3.8) is 0 Å². The number of rotatable bonds is 5. The first-order chi connectivity index (χ1) is 8.81. The van der Waals surface area contributed by atoms with E-state index in [1.54, 1.807) is 0 Å². The Morgan fingerprint density at radius 3 is 2.39 bits per heavy atom. The molecular weight excluding hydrogens is 244 g/mol. The molecule has 94 valence electrons. The maximum atomic E-state index is 5.61. The Morgan fingerprint density at radius 2 is 1.72 bits per heavy atom. The Morgan fingerprint density at radius 1 is 1.00 bits per heavy atom. The summed E-state index contributed by atoms with van der Waals surface area (Å²) in [6, 6.07) is 16.6. The van der Waals surface area contributed by atoms with Crippen LogP contribution in [0.4, 0.5) is 0 Å². The van der Waals surface area contributed by atoms with Crippen molar-refractivity contribution in [2.45, 2.75) is 13.3 Å². The molecule has 0 saturated heterocycles. The van der Waals surface area contributed by atoms with E-state index in [-0.39, 0.29) is 0 Å². The minimum absolute atomic E-state index is 0.640. The molecule has 0 aliphatic heterocycles. The Labute approximate surface area is 113 Å². The van der Waals surface area contributed by atoms with Gasteiger partial charge < -0.3 is 4.74 Å². The van der Waals surface area contributed by atoms with Crippen molar-refractivity contribution in [3.05, 3.63) is 54.1 Å². The summed E-state index contributed by atoms with van der Waals surface area (Å²) in [6.45, 7) is 2.80. The highest BCUT2D eigenvalue weighted by Gasteiger charge is 2.01. The summed E-state index contributed by atoms with van der Waals surface area (Å²) < 4.78 is 5.58. The average Bonchev–Trinajstić information content (AvgIpc) is 2.41. The molecule has 0 aliphatic rings. The highest BCUT2D eigenvalue weighted by atomic mass is 35.5. The van der Waals surface area contributed by atoms with Gasteiger partial charge in [0.05, 0.1) is 6.61 Å². The lowest BCUT2D eigenvalue weighted by molar-refractivity contribution is 0.318. The van der Waals surface area contributed by atoms with E-state index >= 15 is 0 Å². The van der Waals surface area contributed by atoms with Gasteiger partial charge in [0.15, 0.2) is 0 Å². The monoisotopic (exact) mass is 260 g/mol. The summed E-state index contributed by atoms with van der Waals surface area (Å²) in [5.41, 5.74) is 3.77. The molecule has 2 rings (SSSR count). The number of ether oxygens (including phenoxy) is 1. The second-order valence-electron chi connectivity index (χ2n) is 4.23. The molecule has 0 fully saturated rings. The smallest absolute Gasteiger partial charge is 0.119 e.